The van der Waals surface area contributed by atoms with Crippen LogP contribution in [0.15, 0.2) is 52.5 Å². The van der Waals surface area contributed by atoms with Gasteiger partial charge in [-0.25, -0.2) is 4.98 Å². The van der Waals surface area contributed by atoms with E-state index in [0.717, 1.165) is 10.6 Å². The van der Waals surface area contributed by atoms with Crippen LogP contribution in [0.25, 0.3) is 0 Å². The number of aromatic nitrogens is 1. The van der Waals surface area contributed by atoms with Gasteiger partial charge >= 0.3 is 0 Å². The Kier molecular flexibility index (Phi) is 3.59. The molecule has 2 nitrogen and oxygen atoms in total. The van der Waals surface area contributed by atoms with Gasteiger partial charge in [0.25, 0.3) is 0 Å². The molecule has 3 heteroatoms. The number of benzene rings is 1. The summed E-state index contributed by atoms with van der Waals surface area (Å²) >= 11 is 1.66. The van der Waals surface area contributed by atoms with Crippen molar-refractivity contribution >= 4 is 11.8 Å². The van der Waals surface area contributed by atoms with Gasteiger partial charge in [0, 0.05) is 17.6 Å². The Labute approximate surface area is 99.9 Å². The first-order chi connectivity index (χ1) is 7.78. The maximum atomic E-state index is 5.52. The van der Waals surface area contributed by atoms with Crippen LogP contribution in [0.2, 0.25) is 0 Å². The molecule has 0 fully saturated rings. The average molecular weight is 230 g/mol. The molecule has 0 unspecified atom stereocenters. The first-order valence-corrected chi connectivity index (χ1v) is 5.99. The highest BCUT2D eigenvalue weighted by atomic mass is 32.2. The number of aryl methyl sites for hydroxylation is 1. The lowest BCUT2D eigenvalue weighted by molar-refractivity contribution is 1.01. The number of nitrogens with zero attached hydrogens (tertiary/aromatic N) is 1. The quantitative estimate of drug-likeness (QED) is 0.881. The Morgan fingerprint density at radius 1 is 1.12 bits per heavy atom. The highest BCUT2D eigenvalue weighted by Crippen LogP contribution is 2.25. The molecular formula is C13H14N2S. The van der Waals surface area contributed by atoms with Crippen molar-refractivity contribution in [3.05, 3.63) is 53.7 Å². The number of hydrogen-bond donors (Lipinski definition) is 1. The first-order valence-electron chi connectivity index (χ1n) is 5.17. The zero-order valence-corrected chi connectivity index (χ0v) is 10.00. The van der Waals surface area contributed by atoms with Crippen molar-refractivity contribution in [3.8, 4) is 0 Å². The van der Waals surface area contributed by atoms with Gasteiger partial charge in [0.05, 0.1) is 0 Å². The van der Waals surface area contributed by atoms with Crippen molar-refractivity contribution in [1.82, 2.24) is 4.98 Å². The van der Waals surface area contributed by atoms with Crippen LogP contribution < -0.4 is 5.73 Å². The number of nitrogens with two attached hydrogens (primary N) is 1. The van der Waals surface area contributed by atoms with Crippen molar-refractivity contribution in [1.29, 1.82) is 0 Å². The molecule has 0 spiro atoms. The van der Waals surface area contributed by atoms with Gasteiger partial charge in [-0.05, 0) is 30.7 Å². The van der Waals surface area contributed by atoms with E-state index in [4.69, 9.17) is 5.73 Å². The normalized spacial score (nSPS) is 10.4. The second-order valence-electron chi connectivity index (χ2n) is 3.62. The predicted molar refractivity (Wildman–Crippen MR) is 67.4 cm³/mol. The van der Waals surface area contributed by atoms with E-state index >= 15 is 0 Å². The monoisotopic (exact) mass is 230 g/mol. The summed E-state index contributed by atoms with van der Waals surface area (Å²) in [7, 11) is 0. The lowest BCUT2D eigenvalue weighted by atomic mass is 10.2. The van der Waals surface area contributed by atoms with Gasteiger partial charge in [-0.3, -0.25) is 0 Å². The summed E-state index contributed by atoms with van der Waals surface area (Å²) in [6, 6.07) is 12.5. The minimum absolute atomic E-state index is 0.544. The summed E-state index contributed by atoms with van der Waals surface area (Å²) in [5, 5.41) is 1.00. The molecule has 0 aliphatic carbocycles. The molecule has 1 heterocycles. The van der Waals surface area contributed by atoms with Crippen molar-refractivity contribution in [2.45, 2.75) is 23.4 Å². The maximum absolute atomic E-state index is 5.52. The van der Waals surface area contributed by atoms with Crippen LogP contribution in [0, 0.1) is 6.92 Å². The molecule has 82 valence electrons. The molecule has 2 aromatic rings. The third-order valence-electron chi connectivity index (χ3n) is 2.28. The summed E-state index contributed by atoms with van der Waals surface area (Å²) < 4.78 is 0. The van der Waals surface area contributed by atoms with E-state index in [9.17, 15) is 0 Å². The Hall–Kier alpha value is -1.32. The lowest BCUT2D eigenvalue weighted by Crippen LogP contribution is -1.96. The predicted octanol–water partition coefficient (Wildman–Crippen LogP) is 3.00. The summed E-state index contributed by atoms with van der Waals surface area (Å²) in [5.74, 6) is 0. The van der Waals surface area contributed by atoms with Crippen LogP contribution >= 0.6 is 11.8 Å². The highest BCUT2D eigenvalue weighted by molar-refractivity contribution is 7.99. The molecule has 0 aliphatic heterocycles. The van der Waals surface area contributed by atoms with Crippen LogP contribution in [-0.4, -0.2) is 4.98 Å². The molecule has 0 atom stereocenters. The van der Waals surface area contributed by atoms with Crippen LogP contribution in [-0.2, 0) is 6.54 Å². The zero-order valence-electron chi connectivity index (χ0n) is 9.18. The number of pyridine rings is 1. The lowest BCUT2D eigenvalue weighted by Gasteiger charge is -2.02. The third kappa shape index (κ3) is 2.84. The van der Waals surface area contributed by atoms with E-state index in [-0.39, 0.29) is 0 Å². The minimum Gasteiger partial charge on any atom is -0.326 e. The summed E-state index contributed by atoms with van der Waals surface area (Å²) in [5.41, 5.74) is 7.86. The standard InChI is InChI=1S/C13H14N2S/c1-10-2-5-12(6-3-10)16-13-7-4-11(8-14)9-15-13/h2-7,9H,8,14H2,1H3. The minimum atomic E-state index is 0.544. The smallest absolute Gasteiger partial charge is 0.101 e. The molecule has 0 amide bonds. The van der Waals surface area contributed by atoms with Crippen LogP contribution in [0.5, 0.6) is 0 Å². The molecule has 2 rings (SSSR count). The van der Waals surface area contributed by atoms with E-state index < -0.39 is 0 Å². The van der Waals surface area contributed by atoms with Gasteiger partial charge < -0.3 is 5.73 Å². The molecule has 0 saturated carbocycles. The molecule has 0 bridgehead atoms. The largest absolute Gasteiger partial charge is 0.326 e. The SMILES string of the molecule is Cc1ccc(Sc2ccc(CN)cn2)cc1. The number of hydrogen-bond acceptors (Lipinski definition) is 3. The number of rotatable bonds is 3. The topological polar surface area (TPSA) is 38.9 Å². The summed E-state index contributed by atoms with van der Waals surface area (Å²) in [6.07, 6.45) is 1.83. The highest BCUT2D eigenvalue weighted by Gasteiger charge is 1.98. The maximum Gasteiger partial charge on any atom is 0.101 e. The molecule has 2 N–H and O–H groups in total. The van der Waals surface area contributed by atoms with E-state index in [1.807, 2.05) is 18.3 Å². The summed E-state index contributed by atoms with van der Waals surface area (Å²) in [6.45, 7) is 2.63. The van der Waals surface area contributed by atoms with Gasteiger partial charge in [-0.2, -0.15) is 0 Å². The van der Waals surface area contributed by atoms with Crippen LogP contribution in [0.4, 0.5) is 0 Å². The van der Waals surface area contributed by atoms with E-state index in [2.05, 4.69) is 36.2 Å². The first kappa shape index (κ1) is 11.2. The molecule has 1 aromatic carbocycles. The fraction of sp³-hybridized carbons (Fsp3) is 0.154. The Morgan fingerprint density at radius 2 is 1.88 bits per heavy atom. The van der Waals surface area contributed by atoms with Crippen molar-refractivity contribution in [2.24, 2.45) is 5.73 Å². The van der Waals surface area contributed by atoms with Gasteiger partial charge in [-0.1, -0.05) is 35.5 Å². The van der Waals surface area contributed by atoms with Crippen molar-refractivity contribution < 1.29 is 0 Å². The molecule has 16 heavy (non-hydrogen) atoms. The summed E-state index contributed by atoms with van der Waals surface area (Å²) in [4.78, 5) is 5.56. The molecule has 1 aromatic heterocycles. The fourth-order valence-corrected chi connectivity index (χ4v) is 2.07. The van der Waals surface area contributed by atoms with Gasteiger partial charge in [0.2, 0.25) is 0 Å². The third-order valence-corrected chi connectivity index (χ3v) is 3.24. The molecule has 0 saturated heterocycles. The van der Waals surface area contributed by atoms with E-state index in [1.165, 1.54) is 10.5 Å². The van der Waals surface area contributed by atoms with Gasteiger partial charge in [0.1, 0.15) is 5.03 Å². The van der Waals surface area contributed by atoms with Gasteiger partial charge in [-0.15, -0.1) is 0 Å². The van der Waals surface area contributed by atoms with Gasteiger partial charge in [0.15, 0.2) is 0 Å². The second-order valence-corrected chi connectivity index (χ2v) is 4.72. The van der Waals surface area contributed by atoms with Crippen LogP contribution in [0.3, 0.4) is 0 Å². The Morgan fingerprint density at radius 3 is 2.44 bits per heavy atom. The Bertz CT molecular complexity index is 448. The molecule has 0 radical (unpaired) electrons. The molecule has 0 aliphatic rings. The van der Waals surface area contributed by atoms with Crippen LogP contribution in [0.1, 0.15) is 11.1 Å². The van der Waals surface area contributed by atoms with Crippen molar-refractivity contribution in [3.63, 3.8) is 0 Å². The zero-order chi connectivity index (χ0) is 11.4. The van der Waals surface area contributed by atoms with E-state index in [0.29, 0.717) is 6.54 Å². The second kappa shape index (κ2) is 5.14. The molecular weight excluding hydrogens is 216 g/mol. The van der Waals surface area contributed by atoms with E-state index in [1.54, 1.807) is 11.8 Å². The average Bonchev–Trinajstić information content (AvgIpc) is 2.33. The fourth-order valence-electron chi connectivity index (χ4n) is 1.32. The Balaban J connectivity index is 2.11. The van der Waals surface area contributed by atoms with Crippen molar-refractivity contribution in [2.75, 3.05) is 0 Å².